The smallest absolute Gasteiger partial charge is 0.326 e. The second-order valence-electron chi connectivity index (χ2n) is 7.65. The van der Waals surface area contributed by atoms with Gasteiger partial charge in [0.15, 0.2) is 0 Å². The van der Waals surface area contributed by atoms with E-state index in [1.54, 1.807) is 17.8 Å². The van der Waals surface area contributed by atoms with Crippen molar-refractivity contribution in [3.63, 3.8) is 0 Å². The molecular formula is C23H30ClN3O4S. The Morgan fingerprint density at radius 3 is 2.59 bits per heavy atom. The van der Waals surface area contributed by atoms with Crippen LogP contribution in [-0.4, -0.2) is 65.4 Å². The van der Waals surface area contributed by atoms with Crippen molar-refractivity contribution in [2.45, 2.75) is 31.0 Å². The van der Waals surface area contributed by atoms with E-state index in [1.165, 1.54) is 0 Å². The number of aliphatic hydroxyl groups excluding tert-OH is 1. The van der Waals surface area contributed by atoms with Crippen LogP contribution in [0.15, 0.2) is 48.5 Å². The molecule has 7 nitrogen and oxygen atoms in total. The highest BCUT2D eigenvalue weighted by molar-refractivity contribution is 7.98. The van der Waals surface area contributed by atoms with Gasteiger partial charge in [-0.25, -0.2) is 4.79 Å². The normalized spacial score (nSPS) is 18.4. The summed E-state index contributed by atoms with van der Waals surface area (Å²) in [7, 11) is 0. The number of benzene rings is 2. The van der Waals surface area contributed by atoms with Crippen LogP contribution in [0.4, 0.5) is 5.69 Å². The average molecular weight is 480 g/mol. The zero-order valence-corrected chi connectivity index (χ0v) is 19.5. The Morgan fingerprint density at radius 2 is 1.97 bits per heavy atom. The van der Waals surface area contributed by atoms with Crippen molar-refractivity contribution in [2.24, 2.45) is 0 Å². The van der Waals surface area contributed by atoms with Gasteiger partial charge in [-0.2, -0.15) is 11.8 Å². The molecule has 1 amide bonds. The summed E-state index contributed by atoms with van der Waals surface area (Å²) in [5.41, 5.74) is 2.90. The minimum atomic E-state index is -1.03. The second kappa shape index (κ2) is 12.7. The highest BCUT2D eigenvalue weighted by atomic mass is 35.5. The number of hydrogen-bond donors (Lipinski definition) is 5. The summed E-state index contributed by atoms with van der Waals surface area (Å²) < 4.78 is 0. The van der Waals surface area contributed by atoms with E-state index in [0.29, 0.717) is 37.2 Å². The number of carbonyl (C=O) groups excluding carboxylic acids is 1. The van der Waals surface area contributed by atoms with Gasteiger partial charge in [-0.1, -0.05) is 30.3 Å². The number of carboxylic acids is 1. The minimum Gasteiger partial charge on any atom is -0.480 e. The molecule has 0 bridgehead atoms. The number of rotatable bonds is 10. The fourth-order valence-electron chi connectivity index (χ4n) is 3.63. The zero-order valence-electron chi connectivity index (χ0n) is 17.9. The van der Waals surface area contributed by atoms with Crippen molar-refractivity contribution < 1.29 is 19.8 Å². The number of nitrogens with one attached hydrogen (secondary N) is 3. The van der Waals surface area contributed by atoms with Crippen LogP contribution in [0, 0.1) is 0 Å². The van der Waals surface area contributed by atoms with Crippen LogP contribution in [0.2, 0.25) is 0 Å². The molecule has 1 saturated heterocycles. The Morgan fingerprint density at radius 1 is 1.22 bits per heavy atom. The number of anilines is 1. The third-order valence-corrected chi connectivity index (χ3v) is 5.96. The molecule has 0 aromatic heterocycles. The predicted molar refractivity (Wildman–Crippen MR) is 132 cm³/mol. The number of aliphatic carboxylic acids is 1. The molecule has 0 radical (unpaired) electrons. The van der Waals surface area contributed by atoms with E-state index in [4.69, 9.17) is 0 Å². The first-order valence-electron chi connectivity index (χ1n) is 10.4. The summed E-state index contributed by atoms with van der Waals surface area (Å²) in [6, 6.07) is 14.3. The molecule has 1 heterocycles. The van der Waals surface area contributed by atoms with Gasteiger partial charge in [0.05, 0.1) is 6.10 Å². The van der Waals surface area contributed by atoms with Crippen LogP contribution >= 0.6 is 24.2 Å². The quantitative estimate of drug-likeness (QED) is 0.356. The lowest BCUT2D eigenvalue weighted by Crippen LogP contribution is -2.41. The van der Waals surface area contributed by atoms with Crippen molar-refractivity contribution in [3.05, 3.63) is 54.1 Å². The average Bonchev–Trinajstić information content (AvgIpc) is 3.20. The number of carbonyl (C=O) groups is 2. The molecule has 9 heteroatoms. The maximum Gasteiger partial charge on any atom is 0.326 e. The molecule has 3 atom stereocenters. The van der Waals surface area contributed by atoms with E-state index in [-0.39, 0.29) is 24.6 Å². The van der Waals surface area contributed by atoms with Crippen LogP contribution in [0.1, 0.15) is 23.2 Å². The molecule has 0 saturated carbocycles. The predicted octanol–water partition coefficient (Wildman–Crippen LogP) is 2.85. The van der Waals surface area contributed by atoms with Gasteiger partial charge in [0.25, 0.3) is 5.91 Å². The summed E-state index contributed by atoms with van der Waals surface area (Å²) in [5.74, 6) is -0.789. The molecule has 2 aromatic carbocycles. The van der Waals surface area contributed by atoms with Crippen LogP contribution in [-0.2, 0) is 4.79 Å². The van der Waals surface area contributed by atoms with Gasteiger partial charge in [0.2, 0.25) is 0 Å². The molecule has 1 aliphatic rings. The van der Waals surface area contributed by atoms with Crippen LogP contribution in [0.25, 0.3) is 11.1 Å². The second-order valence-corrected chi connectivity index (χ2v) is 8.63. The summed E-state index contributed by atoms with van der Waals surface area (Å²) in [4.78, 5) is 24.5. The lowest BCUT2D eigenvalue weighted by atomic mass is 9.98. The van der Waals surface area contributed by atoms with E-state index in [9.17, 15) is 19.8 Å². The fourth-order valence-corrected chi connectivity index (χ4v) is 4.10. The molecule has 3 rings (SSSR count). The fraction of sp³-hybridized carbons (Fsp3) is 0.391. The number of thioether (sulfide) groups is 1. The molecule has 0 unspecified atom stereocenters. The lowest BCUT2D eigenvalue weighted by Gasteiger charge is -2.18. The van der Waals surface area contributed by atoms with E-state index >= 15 is 0 Å². The molecule has 1 fully saturated rings. The number of halogens is 1. The number of carboxylic acid groups (broad SMARTS) is 1. The monoisotopic (exact) mass is 479 g/mol. The Labute approximate surface area is 198 Å². The molecule has 0 aliphatic carbocycles. The first-order chi connectivity index (χ1) is 15.0. The van der Waals surface area contributed by atoms with Crippen molar-refractivity contribution >= 4 is 41.7 Å². The number of hydrogen-bond acceptors (Lipinski definition) is 6. The maximum absolute atomic E-state index is 13.0. The van der Waals surface area contributed by atoms with Gasteiger partial charge in [-0.05, 0) is 54.2 Å². The van der Waals surface area contributed by atoms with Gasteiger partial charge >= 0.3 is 5.97 Å². The van der Waals surface area contributed by atoms with E-state index in [0.717, 1.165) is 16.8 Å². The number of amides is 1. The summed E-state index contributed by atoms with van der Waals surface area (Å²) >= 11 is 1.54. The Bertz CT molecular complexity index is 900. The first-order valence-corrected chi connectivity index (χ1v) is 11.7. The number of aliphatic hydroxyl groups is 1. The largest absolute Gasteiger partial charge is 0.480 e. The van der Waals surface area contributed by atoms with Crippen molar-refractivity contribution in [1.29, 1.82) is 0 Å². The van der Waals surface area contributed by atoms with Gasteiger partial charge in [-0.15, -0.1) is 12.4 Å². The first kappa shape index (κ1) is 26.0. The standard InChI is InChI=1S/C23H29N3O4S.ClH/c1-31-10-9-21(23(29)30)26-22(28)19-8-7-16(24-13-17-11-18(27)14-25-17)12-20(19)15-5-3-2-4-6-15;/h2-8,12,17-18,21,24-25,27H,9-11,13-14H2,1H3,(H,26,28)(H,29,30);1H/t17-,18+,21-;/m0./s1. The molecule has 32 heavy (non-hydrogen) atoms. The van der Waals surface area contributed by atoms with Crippen molar-refractivity contribution in [3.8, 4) is 11.1 Å². The zero-order chi connectivity index (χ0) is 22.2. The Hall–Kier alpha value is -2.26. The van der Waals surface area contributed by atoms with Crippen LogP contribution < -0.4 is 16.0 Å². The van der Waals surface area contributed by atoms with Crippen molar-refractivity contribution in [1.82, 2.24) is 10.6 Å². The number of β-amino-alcohol motifs (C(OH)–C–C–N with tert-alkyl or cyclic N) is 1. The maximum atomic E-state index is 13.0. The third kappa shape index (κ3) is 7.13. The summed E-state index contributed by atoms with van der Waals surface area (Å²) in [6.07, 6.45) is 2.65. The molecule has 174 valence electrons. The summed E-state index contributed by atoms with van der Waals surface area (Å²) in [6.45, 7) is 1.26. The summed E-state index contributed by atoms with van der Waals surface area (Å²) in [5, 5.41) is 28.4. The minimum absolute atomic E-state index is 0. The molecule has 1 aliphatic heterocycles. The van der Waals surface area contributed by atoms with Gasteiger partial charge in [-0.3, -0.25) is 4.79 Å². The third-order valence-electron chi connectivity index (χ3n) is 5.31. The highest BCUT2D eigenvalue weighted by Crippen LogP contribution is 2.27. The van der Waals surface area contributed by atoms with Gasteiger partial charge < -0.3 is 26.2 Å². The van der Waals surface area contributed by atoms with Crippen LogP contribution in [0.5, 0.6) is 0 Å². The van der Waals surface area contributed by atoms with Gasteiger partial charge in [0, 0.05) is 30.4 Å². The molecule has 2 aromatic rings. The van der Waals surface area contributed by atoms with E-state index < -0.39 is 17.9 Å². The van der Waals surface area contributed by atoms with E-state index in [1.807, 2.05) is 48.7 Å². The Balaban J connectivity index is 0.00000363. The lowest BCUT2D eigenvalue weighted by molar-refractivity contribution is -0.139. The highest BCUT2D eigenvalue weighted by Gasteiger charge is 2.23. The Kier molecular flexibility index (Phi) is 10.3. The SMILES string of the molecule is CSCC[C@H](NC(=O)c1ccc(NC[C@@H]2C[C@@H](O)CN2)cc1-c1ccccc1)C(=O)O.Cl. The van der Waals surface area contributed by atoms with Crippen LogP contribution in [0.3, 0.4) is 0 Å². The van der Waals surface area contributed by atoms with E-state index in [2.05, 4.69) is 16.0 Å². The molecular weight excluding hydrogens is 450 g/mol. The molecule has 5 N–H and O–H groups in total. The van der Waals surface area contributed by atoms with Gasteiger partial charge in [0.1, 0.15) is 6.04 Å². The van der Waals surface area contributed by atoms with Crippen molar-refractivity contribution in [2.75, 3.05) is 30.4 Å². The topological polar surface area (TPSA) is 111 Å². The molecule has 0 spiro atoms.